The van der Waals surface area contributed by atoms with Crippen LogP contribution in [0, 0.1) is 0 Å². The second-order valence-corrected chi connectivity index (χ2v) is 6.26. The zero-order valence-electron chi connectivity index (χ0n) is 15.2. The molecule has 26 heavy (non-hydrogen) atoms. The minimum Gasteiger partial charge on any atom is -0.494 e. The summed E-state index contributed by atoms with van der Waals surface area (Å²) >= 11 is 0. The smallest absolute Gasteiger partial charge is 0.255 e. The van der Waals surface area contributed by atoms with E-state index in [2.05, 4.69) is 5.32 Å². The molecule has 0 aliphatic carbocycles. The molecule has 1 aliphatic rings. The van der Waals surface area contributed by atoms with Gasteiger partial charge in [-0.25, -0.2) is 0 Å². The van der Waals surface area contributed by atoms with Gasteiger partial charge < -0.3 is 15.0 Å². The molecule has 0 aromatic heterocycles. The summed E-state index contributed by atoms with van der Waals surface area (Å²) in [5, 5.41) is 2.93. The molecule has 5 heteroatoms. The Kier molecular flexibility index (Phi) is 5.56. The van der Waals surface area contributed by atoms with Crippen molar-refractivity contribution in [3.8, 4) is 5.75 Å². The van der Waals surface area contributed by atoms with Gasteiger partial charge in [-0.1, -0.05) is 6.92 Å². The molecular formula is C21H24N2O3. The van der Waals surface area contributed by atoms with Crippen LogP contribution < -0.4 is 15.0 Å². The number of anilines is 2. The summed E-state index contributed by atoms with van der Waals surface area (Å²) in [5.74, 6) is 0.723. The van der Waals surface area contributed by atoms with E-state index in [1.807, 2.05) is 36.9 Å². The zero-order valence-corrected chi connectivity index (χ0v) is 15.2. The Balaban J connectivity index is 1.74. The molecule has 136 valence electrons. The maximum Gasteiger partial charge on any atom is 0.255 e. The summed E-state index contributed by atoms with van der Waals surface area (Å²) in [6.45, 7) is 5.16. The first-order chi connectivity index (χ1) is 12.6. The molecule has 1 heterocycles. The number of carbonyl (C=O) groups is 2. The van der Waals surface area contributed by atoms with Gasteiger partial charge in [0, 0.05) is 29.9 Å². The molecular weight excluding hydrogens is 328 g/mol. The van der Waals surface area contributed by atoms with Crippen LogP contribution in [0.15, 0.2) is 42.5 Å². The number of hydrogen-bond acceptors (Lipinski definition) is 3. The summed E-state index contributed by atoms with van der Waals surface area (Å²) in [4.78, 5) is 26.4. The van der Waals surface area contributed by atoms with Crippen molar-refractivity contribution in [1.29, 1.82) is 0 Å². The van der Waals surface area contributed by atoms with Crippen molar-refractivity contribution in [3.05, 3.63) is 53.6 Å². The van der Waals surface area contributed by atoms with Crippen LogP contribution in [0.3, 0.4) is 0 Å². The Morgan fingerprint density at radius 2 is 1.88 bits per heavy atom. The van der Waals surface area contributed by atoms with E-state index < -0.39 is 0 Å². The highest BCUT2D eigenvalue weighted by Gasteiger charge is 2.21. The standard InChI is InChI=1S/C21H24N2O3/c1-3-20(24)23-13-5-6-16-14-17(9-12-19(16)23)22-21(25)15-7-10-18(11-8-15)26-4-2/h7-12,14H,3-6,13H2,1-2H3,(H,22,25). The third-order valence-corrected chi connectivity index (χ3v) is 4.49. The maximum absolute atomic E-state index is 12.5. The molecule has 0 saturated heterocycles. The fourth-order valence-electron chi connectivity index (χ4n) is 3.20. The van der Waals surface area contributed by atoms with Crippen LogP contribution in [0.1, 0.15) is 42.6 Å². The topological polar surface area (TPSA) is 58.6 Å². The van der Waals surface area contributed by atoms with E-state index in [-0.39, 0.29) is 11.8 Å². The fraction of sp³-hybridized carbons (Fsp3) is 0.333. The molecule has 1 N–H and O–H groups in total. The number of fused-ring (bicyclic) bond motifs is 1. The summed E-state index contributed by atoms with van der Waals surface area (Å²) in [7, 11) is 0. The van der Waals surface area contributed by atoms with Crippen LogP contribution in [0.25, 0.3) is 0 Å². The SMILES string of the molecule is CCOc1ccc(C(=O)Nc2ccc3c(c2)CCCN3C(=O)CC)cc1. The van der Waals surface area contributed by atoms with Gasteiger partial charge in [0.1, 0.15) is 5.75 Å². The number of ether oxygens (including phenoxy) is 1. The van der Waals surface area contributed by atoms with Crippen molar-refractivity contribution in [1.82, 2.24) is 0 Å². The van der Waals surface area contributed by atoms with Crippen LogP contribution in [-0.4, -0.2) is 25.0 Å². The van der Waals surface area contributed by atoms with Crippen molar-refractivity contribution >= 4 is 23.2 Å². The third-order valence-electron chi connectivity index (χ3n) is 4.49. The minimum absolute atomic E-state index is 0.136. The van der Waals surface area contributed by atoms with Gasteiger partial charge in [-0.2, -0.15) is 0 Å². The number of carbonyl (C=O) groups excluding carboxylic acids is 2. The van der Waals surface area contributed by atoms with E-state index >= 15 is 0 Å². The molecule has 3 rings (SSSR count). The third kappa shape index (κ3) is 3.87. The number of nitrogens with zero attached hydrogens (tertiary/aromatic N) is 1. The van der Waals surface area contributed by atoms with Gasteiger partial charge in [0.05, 0.1) is 6.61 Å². The second-order valence-electron chi connectivity index (χ2n) is 6.26. The first-order valence-corrected chi connectivity index (χ1v) is 9.10. The maximum atomic E-state index is 12.5. The predicted molar refractivity (Wildman–Crippen MR) is 103 cm³/mol. The van der Waals surface area contributed by atoms with Gasteiger partial charge in [0.2, 0.25) is 5.91 Å². The number of amides is 2. The van der Waals surface area contributed by atoms with E-state index in [0.29, 0.717) is 18.6 Å². The van der Waals surface area contributed by atoms with E-state index in [4.69, 9.17) is 4.74 Å². The summed E-state index contributed by atoms with van der Waals surface area (Å²) in [6, 6.07) is 12.8. The Morgan fingerprint density at radius 1 is 1.12 bits per heavy atom. The van der Waals surface area contributed by atoms with Gasteiger partial charge in [-0.15, -0.1) is 0 Å². The van der Waals surface area contributed by atoms with E-state index in [9.17, 15) is 9.59 Å². The number of aryl methyl sites for hydroxylation is 1. The molecule has 0 saturated carbocycles. The van der Waals surface area contributed by atoms with E-state index in [1.165, 1.54) is 0 Å². The lowest BCUT2D eigenvalue weighted by atomic mass is 10.0. The molecule has 0 spiro atoms. The van der Waals surface area contributed by atoms with Gasteiger partial charge in [0.15, 0.2) is 0 Å². The molecule has 2 aromatic carbocycles. The van der Waals surface area contributed by atoms with Gasteiger partial charge in [-0.3, -0.25) is 9.59 Å². The number of hydrogen-bond donors (Lipinski definition) is 1. The molecule has 0 atom stereocenters. The highest BCUT2D eigenvalue weighted by Crippen LogP contribution is 2.30. The largest absolute Gasteiger partial charge is 0.494 e. The summed E-state index contributed by atoms with van der Waals surface area (Å²) < 4.78 is 5.40. The summed E-state index contributed by atoms with van der Waals surface area (Å²) in [5.41, 5.74) is 3.38. The molecule has 5 nitrogen and oxygen atoms in total. The molecule has 0 bridgehead atoms. The minimum atomic E-state index is -0.162. The monoisotopic (exact) mass is 352 g/mol. The Bertz CT molecular complexity index is 799. The lowest BCUT2D eigenvalue weighted by Crippen LogP contribution is -2.34. The quantitative estimate of drug-likeness (QED) is 0.884. The predicted octanol–water partition coefficient (Wildman–Crippen LogP) is 4.03. The van der Waals surface area contributed by atoms with Crippen LogP contribution >= 0.6 is 0 Å². The summed E-state index contributed by atoms with van der Waals surface area (Å²) in [6.07, 6.45) is 2.35. The molecule has 0 unspecified atom stereocenters. The van der Waals surface area contributed by atoms with Crippen LogP contribution in [0.2, 0.25) is 0 Å². The molecule has 1 aliphatic heterocycles. The van der Waals surface area contributed by atoms with Crippen LogP contribution in [0.4, 0.5) is 11.4 Å². The highest BCUT2D eigenvalue weighted by atomic mass is 16.5. The van der Waals surface area contributed by atoms with Crippen molar-refractivity contribution in [2.75, 3.05) is 23.4 Å². The average Bonchev–Trinajstić information content (AvgIpc) is 2.67. The van der Waals surface area contributed by atoms with E-state index in [1.54, 1.807) is 24.3 Å². The molecule has 2 aromatic rings. The van der Waals surface area contributed by atoms with Gasteiger partial charge in [0.25, 0.3) is 5.91 Å². The first kappa shape index (κ1) is 18.0. The normalized spacial score (nSPS) is 13.1. The molecule has 2 amide bonds. The van der Waals surface area contributed by atoms with Crippen LogP contribution in [-0.2, 0) is 11.2 Å². The fourth-order valence-corrected chi connectivity index (χ4v) is 3.20. The Morgan fingerprint density at radius 3 is 2.58 bits per heavy atom. The van der Waals surface area contributed by atoms with Crippen LogP contribution in [0.5, 0.6) is 5.75 Å². The van der Waals surface area contributed by atoms with Crippen molar-refractivity contribution in [3.63, 3.8) is 0 Å². The van der Waals surface area contributed by atoms with Gasteiger partial charge in [-0.05, 0) is 67.8 Å². The van der Waals surface area contributed by atoms with Crippen molar-refractivity contribution < 1.29 is 14.3 Å². The Hall–Kier alpha value is -2.82. The average molecular weight is 352 g/mol. The van der Waals surface area contributed by atoms with Crippen molar-refractivity contribution in [2.24, 2.45) is 0 Å². The Labute approximate surface area is 154 Å². The van der Waals surface area contributed by atoms with Gasteiger partial charge >= 0.3 is 0 Å². The number of benzene rings is 2. The number of nitrogens with one attached hydrogen (secondary N) is 1. The highest BCUT2D eigenvalue weighted by molar-refractivity contribution is 6.04. The lowest BCUT2D eigenvalue weighted by molar-refractivity contribution is -0.118. The second kappa shape index (κ2) is 8.04. The van der Waals surface area contributed by atoms with Crippen molar-refractivity contribution in [2.45, 2.75) is 33.1 Å². The van der Waals surface area contributed by atoms with E-state index in [0.717, 1.165) is 42.1 Å². The molecule has 0 radical (unpaired) electrons. The lowest BCUT2D eigenvalue weighted by Gasteiger charge is -2.29. The molecule has 0 fully saturated rings. The number of rotatable bonds is 5. The first-order valence-electron chi connectivity index (χ1n) is 9.10. The zero-order chi connectivity index (χ0) is 18.5.